The summed E-state index contributed by atoms with van der Waals surface area (Å²) in [6, 6.07) is 3.83. The fraction of sp³-hybridized carbons (Fsp3) is 0.533. The molecular formula is C15H19F3N2O2. The first kappa shape index (κ1) is 16.6. The summed E-state index contributed by atoms with van der Waals surface area (Å²) >= 11 is 0. The second-order valence-electron chi connectivity index (χ2n) is 5.80. The molecule has 1 aliphatic heterocycles. The number of hydrogen-bond acceptors (Lipinski definition) is 3. The highest BCUT2D eigenvalue weighted by Crippen LogP contribution is 2.35. The minimum atomic E-state index is -4.69. The van der Waals surface area contributed by atoms with Crippen molar-refractivity contribution >= 4 is 11.7 Å². The van der Waals surface area contributed by atoms with Crippen molar-refractivity contribution in [1.82, 2.24) is 4.90 Å². The lowest BCUT2D eigenvalue weighted by Gasteiger charge is -2.43. The molecular weight excluding hydrogens is 297 g/mol. The number of halogens is 3. The molecule has 122 valence electrons. The standard InChI is InChI=1S/C15H19F3N2O2/c1-9-7-20(8-10(2)19(9)3)11-4-5-12(14(21)22)13(6-11)15(16,17)18/h4-6,9-10H,7-8H2,1-3H3,(H,21,22)/t9-,10+. The zero-order valence-electron chi connectivity index (χ0n) is 12.7. The number of carboxylic acid groups (broad SMARTS) is 1. The number of rotatable bonds is 2. The molecule has 0 bridgehead atoms. The van der Waals surface area contributed by atoms with Gasteiger partial charge in [-0.3, -0.25) is 4.90 Å². The Morgan fingerprint density at radius 1 is 1.23 bits per heavy atom. The summed E-state index contributed by atoms with van der Waals surface area (Å²) in [5.41, 5.74) is -1.41. The van der Waals surface area contributed by atoms with Crippen molar-refractivity contribution in [3.8, 4) is 0 Å². The van der Waals surface area contributed by atoms with E-state index in [9.17, 15) is 18.0 Å². The fourth-order valence-electron chi connectivity index (χ4n) is 2.77. The van der Waals surface area contributed by atoms with Crippen LogP contribution in [0.3, 0.4) is 0 Å². The SMILES string of the molecule is C[C@@H]1CN(c2ccc(C(=O)O)c(C(F)(F)F)c2)C[C@H](C)N1C. The molecule has 1 aromatic carbocycles. The summed E-state index contributed by atoms with van der Waals surface area (Å²) in [4.78, 5) is 15.0. The Bertz CT molecular complexity index is 562. The van der Waals surface area contributed by atoms with Gasteiger partial charge < -0.3 is 10.0 Å². The summed E-state index contributed by atoms with van der Waals surface area (Å²) in [6.07, 6.45) is -4.69. The van der Waals surface area contributed by atoms with Gasteiger partial charge in [-0.05, 0) is 39.1 Å². The van der Waals surface area contributed by atoms with E-state index in [1.54, 1.807) is 0 Å². The molecule has 7 heteroatoms. The van der Waals surface area contributed by atoms with Gasteiger partial charge in [-0.2, -0.15) is 13.2 Å². The van der Waals surface area contributed by atoms with Gasteiger partial charge in [-0.15, -0.1) is 0 Å². The third-order valence-corrected chi connectivity index (χ3v) is 4.26. The van der Waals surface area contributed by atoms with Crippen LogP contribution in [-0.4, -0.2) is 48.2 Å². The maximum absolute atomic E-state index is 13.1. The van der Waals surface area contributed by atoms with Crippen molar-refractivity contribution < 1.29 is 23.1 Å². The average Bonchev–Trinajstić information content (AvgIpc) is 2.42. The molecule has 1 fully saturated rings. The van der Waals surface area contributed by atoms with Gasteiger partial charge in [0.05, 0.1) is 11.1 Å². The van der Waals surface area contributed by atoms with E-state index >= 15 is 0 Å². The van der Waals surface area contributed by atoms with Crippen LogP contribution in [0.15, 0.2) is 18.2 Å². The molecule has 22 heavy (non-hydrogen) atoms. The molecule has 0 amide bonds. The van der Waals surface area contributed by atoms with E-state index in [2.05, 4.69) is 4.90 Å². The highest BCUT2D eigenvalue weighted by molar-refractivity contribution is 5.90. The van der Waals surface area contributed by atoms with Gasteiger partial charge in [-0.25, -0.2) is 4.79 Å². The number of carbonyl (C=O) groups is 1. The lowest BCUT2D eigenvalue weighted by molar-refractivity contribution is -0.138. The Labute approximate surface area is 127 Å². The van der Waals surface area contributed by atoms with Crippen molar-refractivity contribution in [3.05, 3.63) is 29.3 Å². The summed E-state index contributed by atoms with van der Waals surface area (Å²) in [7, 11) is 1.99. The molecule has 0 radical (unpaired) electrons. The lowest BCUT2D eigenvalue weighted by atomic mass is 10.0. The highest BCUT2D eigenvalue weighted by Gasteiger charge is 2.36. The molecule has 1 aliphatic rings. The molecule has 1 heterocycles. The zero-order valence-corrected chi connectivity index (χ0v) is 12.7. The van der Waals surface area contributed by atoms with E-state index in [0.717, 1.165) is 12.1 Å². The molecule has 1 N–H and O–H groups in total. The quantitative estimate of drug-likeness (QED) is 0.911. The number of alkyl halides is 3. The molecule has 0 saturated carbocycles. The third-order valence-electron chi connectivity index (χ3n) is 4.26. The smallest absolute Gasteiger partial charge is 0.417 e. The summed E-state index contributed by atoms with van der Waals surface area (Å²) < 4.78 is 39.2. The number of likely N-dealkylation sites (N-methyl/N-ethyl adjacent to an activating group) is 1. The van der Waals surface area contributed by atoms with E-state index in [0.29, 0.717) is 18.8 Å². The number of carboxylic acids is 1. The van der Waals surface area contributed by atoms with Gasteiger partial charge in [0.25, 0.3) is 0 Å². The van der Waals surface area contributed by atoms with E-state index in [-0.39, 0.29) is 12.1 Å². The van der Waals surface area contributed by atoms with Crippen LogP contribution >= 0.6 is 0 Å². The van der Waals surface area contributed by atoms with Gasteiger partial charge in [-0.1, -0.05) is 0 Å². The first-order valence-electron chi connectivity index (χ1n) is 7.02. The van der Waals surface area contributed by atoms with Crippen molar-refractivity contribution in [2.75, 3.05) is 25.0 Å². The zero-order chi connectivity index (χ0) is 16.7. The van der Waals surface area contributed by atoms with Crippen LogP contribution in [0.2, 0.25) is 0 Å². The number of anilines is 1. The maximum atomic E-state index is 13.1. The Hall–Kier alpha value is -1.76. The van der Waals surface area contributed by atoms with Crippen LogP contribution in [-0.2, 0) is 6.18 Å². The largest absolute Gasteiger partial charge is 0.478 e. The summed E-state index contributed by atoms with van der Waals surface area (Å²) in [6.45, 7) is 5.23. The molecule has 2 rings (SSSR count). The maximum Gasteiger partial charge on any atom is 0.417 e. The van der Waals surface area contributed by atoms with Gasteiger partial charge in [0.15, 0.2) is 0 Å². The second kappa shape index (κ2) is 5.79. The Morgan fingerprint density at radius 3 is 2.23 bits per heavy atom. The average molecular weight is 316 g/mol. The molecule has 1 aromatic rings. The van der Waals surface area contributed by atoms with E-state index in [1.165, 1.54) is 6.07 Å². The minimum Gasteiger partial charge on any atom is -0.478 e. The predicted molar refractivity (Wildman–Crippen MR) is 77.3 cm³/mol. The van der Waals surface area contributed by atoms with Crippen LogP contribution in [0.25, 0.3) is 0 Å². The molecule has 0 aromatic heterocycles. The summed E-state index contributed by atoms with van der Waals surface area (Å²) in [5, 5.41) is 8.93. The highest BCUT2D eigenvalue weighted by atomic mass is 19.4. The van der Waals surface area contributed by atoms with Crippen molar-refractivity contribution in [1.29, 1.82) is 0 Å². The predicted octanol–water partition coefficient (Wildman–Crippen LogP) is 2.93. The van der Waals surface area contributed by atoms with Crippen LogP contribution < -0.4 is 4.90 Å². The van der Waals surface area contributed by atoms with Gasteiger partial charge in [0, 0.05) is 30.9 Å². The third kappa shape index (κ3) is 3.19. The topological polar surface area (TPSA) is 43.8 Å². The molecule has 0 spiro atoms. The number of nitrogens with zero attached hydrogens (tertiary/aromatic N) is 2. The monoisotopic (exact) mass is 316 g/mol. The van der Waals surface area contributed by atoms with Gasteiger partial charge in [0.2, 0.25) is 0 Å². The Kier molecular flexibility index (Phi) is 4.37. The Balaban J connectivity index is 2.39. The normalized spacial score (nSPS) is 23.6. The molecule has 2 atom stereocenters. The van der Waals surface area contributed by atoms with Gasteiger partial charge in [0.1, 0.15) is 0 Å². The first-order valence-corrected chi connectivity index (χ1v) is 7.02. The van der Waals surface area contributed by atoms with E-state index < -0.39 is 23.3 Å². The fourth-order valence-corrected chi connectivity index (χ4v) is 2.77. The van der Waals surface area contributed by atoms with Crippen LogP contribution in [0.1, 0.15) is 29.8 Å². The number of piperazine rings is 1. The summed E-state index contributed by atoms with van der Waals surface area (Å²) in [5.74, 6) is -1.57. The number of hydrogen-bond donors (Lipinski definition) is 1. The number of benzene rings is 1. The van der Waals surface area contributed by atoms with Crippen molar-refractivity contribution in [2.24, 2.45) is 0 Å². The van der Waals surface area contributed by atoms with Crippen LogP contribution in [0.4, 0.5) is 18.9 Å². The van der Waals surface area contributed by atoms with E-state index in [1.807, 2.05) is 25.8 Å². The van der Waals surface area contributed by atoms with Crippen molar-refractivity contribution in [3.63, 3.8) is 0 Å². The first-order chi connectivity index (χ1) is 10.1. The van der Waals surface area contributed by atoms with Crippen molar-refractivity contribution in [2.45, 2.75) is 32.1 Å². The van der Waals surface area contributed by atoms with E-state index in [4.69, 9.17) is 5.11 Å². The minimum absolute atomic E-state index is 0.206. The van der Waals surface area contributed by atoms with Crippen LogP contribution in [0.5, 0.6) is 0 Å². The molecule has 0 aliphatic carbocycles. The molecule has 1 saturated heterocycles. The van der Waals surface area contributed by atoms with Gasteiger partial charge >= 0.3 is 12.1 Å². The second-order valence-corrected chi connectivity index (χ2v) is 5.80. The molecule has 4 nitrogen and oxygen atoms in total. The van der Waals surface area contributed by atoms with Crippen LogP contribution in [0, 0.1) is 0 Å². The number of aromatic carboxylic acids is 1. The molecule has 0 unspecified atom stereocenters. The lowest BCUT2D eigenvalue weighted by Crippen LogP contribution is -2.55. The Morgan fingerprint density at radius 2 is 1.77 bits per heavy atom.